The molecule has 1 aromatic carbocycles. The average molecular weight is 184 g/mol. The zero-order valence-electron chi connectivity index (χ0n) is 7.00. The molecule has 0 aliphatic rings. The van der Waals surface area contributed by atoms with Crippen molar-refractivity contribution >= 4 is 11.8 Å². The first-order valence-corrected chi connectivity index (χ1v) is 5.26. The summed E-state index contributed by atoms with van der Waals surface area (Å²) in [7, 11) is 0. The summed E-state index contributed by atoms with van der Waals surface area (Å²) in [5, 5.41) is 0. The lowest BCUT2D eigenvalue weighted by atomic mass is 10.2. The van der Waals surface area contributed by atoms with Crippen LogP contribution in [0.3, 0.4) is 0 Å². The van der Waals surface area contributed by atoms with Crippen LogP contribution < -0.4 is 0 Å². The number of thioether (sulfide) groups is 1. The molecule has 1 aromatic rings. The SMILES string of the molecule is FCCCSCc1ccccc1. The summed E-state index contributed by atoms with van der Waals surface area (Å²) < 4.78 is 11.7. The van der Waals surface area contributed by atoms with Gasteiger partial charge in [0.25, 0.3) is 0 Å². The lowest BCUT2D eigenvalue weighted by molar-refractivity contribution is 0.489. The Labute approximate surface area is 77.2 Å². The summed E-state index contributed by atoms with van der Waals surface area (Å²) in [6.07, 6.45) is 0.678. The molecule has 0 aliphatic carbocycles. The minimum atomic E-state index is -0.193. The zero-order chi connectivity index (χ0) is 8.65. The highest BCUT2D eigenvalue weighted by atomic mass is 32.2. The molecule has 0 aliphatic heterocycles. The Morgan fingerprint density at radius 2 is 1.92 bits per heavy atom. The second kappa shape index (κ2) is 6.06. The van der Waals surface area contributed by atoms with Crippen molar-refractivity contribution in [2.24, 2.45) is 0 Å². The minimum absolute atomic E-state index is 0.193. The standard InChI is InChI=1S/C10H13FS/c11-7-4-8-12-9-10-5-2-1-3-6-10/h1-3,5-6H,4,7-9H2. The van der Waals surface area contributed by atoms with Gasteiger partial charge in [0.05, 0.1) is 6.67 Å². The molecule has 0 radical (unpaired) electrons. The molecule has 0 fully saturated rings. The molecule has 66 valence electrons. The Bertz CT molecular complexity index is 198. The maximum atomic E-state index is 11.7. The topological polar surface area (TPSA) is 0 Å². The van der Waals surface area contributed by atoms with Crippen molar-refractivity contribution in [3.8, 4) is 0 Å². The molecule has 0 N–H and O–H groups in total. The van der Waals surface area contributed by atoms with Crippen molar-refractivity contribution in [1.29, 1.82) is 0 Å². The summed E-state index contributed by atoms with van der Waals surface area (Å²) in [5.41, 5.74) is 1.32. The van der Waals surface area contributed by atoms with Gasteiger partial charge in [-0.05, 0) is 17.7 Å². The van der Waals surface area contributed by atoms with E-state index in [2.05, 4.69) is 12.1 Å². The van der Waals surface area contributed by atoms with Crippen molar-refractivity contribution in [2.45, 2.75) is 12.2 Å². The number of rotatable bonds is 5. The van der Waals surface area contributed by atoms with E-state index in [9.17, 15) is 4.39 Å². The van der Waals surface area contributed by atoms with Gasteiger partial charge in [0, 0.05) is 5.75 Å². The first kappa shape index (κ1) is 9.59. The predicted octanol–water partition coefficient (Wildman–Crippen LogP) is 3.28. The monoisotopic (exact) mass is 184 g/mol. The fraction of sp³-hybridized carbons (Fsp3) is 0.400. The van der Waals surface area contributed by atoms with Crippen molar-refractivity contribution in [1.82, 2.24) is 0 Å². The highest BCUT2D eigenvalue weighted by molar-refractivity contribution is 7.98. The Balaban J connectivity index is 2.16. The molecule has 0 saturated heterocycles. The van der Waals surface area contributed by atoms with Crippen molar-refractivity contribution < 1.29 is 4.39 Å². The molecule has 0 spiro atoms. The van der Waals surface area contributed by atoms with Crippen LogP contribution in [0.25, 0.3) is 0 Å². The summed E-state index contributed by atoms with van der Waals surface area (Å²) >= 11 is 1.79. The van der Waals surface area contributed by atoms with Gasteiger partial charge < -0.3 is 0 Å². The predicted molar refractivity (Wildman–Crippen MR) is 53.2 cm³/mol. The van der Waals surface area contributed by atoms with Crippen LogP contribution in [0.4, 0.5) is 4.39 Å². The molecular weight excluding hydrogens is 171 g/mol. The Morgan fingerprint density at radius 3 is 2.58 bits per heavy atom. The van der Waals surface area contributed by atoms with Gasteiger partial charge in [0.2, 0.25) is 0 Å². The molecular formula is C10H13FS. The Hall–Kier alpha value is -0.500. The van der Waals surface area contributed by atoms with E-state index in [0.717, 1.165) is 11.5 Å². The number of hydrogen-bond donors (Lipinski definition) is 0. The number of halogens is 1. The molecule has 0 unspecified atom stereocenters. The van der Waals surface area contributed by atoms with Gasteiger partial charge >= 0.3 is 0 Å². The first-order valence-electron chi connectivity index (χ1n) is 4.11. The van der Waals surface area contributed by atoms with Crippen LogP contribution in [0.1, 0.15) is 12.0 Å². The van der Waals surface area contributed by atoms with E-state index in [1.54, 1.807) is 11.8 Å². The third kappa shape index (κ3) is 3.77. The minimum Gasteiger partial charge on any atom is -0.251 e. The smallest absolute Gasteiger partial charge is 0.0902 e. The molecule has 0 saturated carbocycles. The van der Waals surface area contributed by atoms with E-state index >= 15 is 0 Å². The fourth-order valence-electron chi connectivity index (χ4n) is 0.921. The summed E-state index contributed by atoms with van der Waals surface area (Å²) in [6.45, 7) is -0.193. The lowest BCUT2D eigenvalue weighted by Gasteiger charge is -1.99. The van der Waals surface area contributed by atoms with Gasteiger partial charge in [-0.2, -0.15) is 11.8 Å². The molecule has 0 aromatic heterocycles. The van der Waals surface area contributed by atoms with Gasteiger partial charge in [-0.15, -0.1) is 0 Å². The van der Waals surface area contributed by atoms with Crippen LogP contribution in [-0.4, -0.2) is 12.4 Å². The van der Waals surface area contributed by atoms with Gasteiger partial charge in [-0.1, -0.05) is 30.3 Å². The molecule has 1 rings (SSSR count). The van der Waals surface area contributed by atoms with Crippen molar-refractivity contribution in [3.05, 3.63) is 35.9 Å². The second-order valence-electron chi connectivity index (χ2n) is 2.58. The molecule has 0 amide bonds. The summed E-state index contributed by atoms with van der Waals surface area (Å²) in [5.74, 6) is 1.92. The fourth-order valence-corrected chi connectivity index (χ4v) is 1.81. The van der Waals surface area contributed by atoms with E-state index < -0.39 is 0 Å². The van der Waals surface area contributed by atoms with Crippen LogP contribution in [0.2, 0.25) is 0 Å². The van der Waals surface area contributed by atoms with E-state index in [1.165, 1.54) is 5.56 Å². The van der Waals surface area contributed by atoms with Crippen LogP contribution in [0.5, 0.6) is 0 Å². The van der Waals surface area contributed by atoms with E-state index in [1.807, 2.05) is 18.2 Å². The van der Waals surface area contributed by atoms with Crippen LogP contribution in [0.15, 0.2) is 30.3 Å². The average Bonchev–Trinajstić information content (AvgIpc) is 2.14. The zero-order valence-corrected chi connectivity index (χ0v) is 7.82. The largest absolute Gasteiger partial charge is 0.251 e. The first-order chi connectivity index (χ1) is 5.93. The molecule has 0 bridgehead atoms. The van der Waals surface area contributed by atoms with E-state index in [4.69, 9.17) is 0 Å². The van der Waals surface area contributed by atoms with Gasteiger partial charge in [-0.25, -0.2) is 0 Å². The van der Waals surface area contributed by atoms with E-state index in [-0.39, 0.29) is 6.67 Å². The van der Waals surface area contributed by atoms with Crippen LogP contribution >= 0.6 is 11.8 Å². The maximum Gasteiger partial charge on any atom is 0.0902 e. The molecule has 0 nitrogen and oxygen atoms in total. The quantitative estimate of drug-likeness (QED) is 0.633. The normalized spacial score (nSPS) is 10.1. The summed E-state index contributed by atoms with van der Waals surface area (Å²) in [4.78, 5) is 0. The third-order valence-electron chi connectivity index (χ3n) is 1.53. The molecule has 0 heterocycles. The molecule has 0 atom stereocenters. The highest BCUT2D eigenvalue weighted by Gasteiger charge is 1.91. The van der Waals surface area contributed by atoms with Gasteiger partial charge in [0.1, 0.15) is 0 Å². The highest BCUT2D eigenvalue weighted by Crippen LogP contribution is 2.12. The van der Waals surface area contributed by atoms with Gasteiger partial charge in [-0.3, -0.25) is 4.39 Å². The Kier molecular flexibility index (Phi) is 4.85. The second-order valence-corrected chi connectivity index (χ2v) is 3.69. The molecule has 2 heteroatoms. The maximum absolute atomic E-state index is 11.7. The summed E-state index contributed by atoms with van der Waals surface area (Å²) in [6, 6.07) is 10.3. The third-order valence-corrected chi connectivity index (χ3v) is 2.65. The number of benzene rings is 1. The van der Waals surface area contributed by atoms with Crippen molar-refractivity contribution in [3.63, 3.8) is 0 Å². The lowest BCUT2D eigenvalue weighted by Crippen LogP contribution is -1.84. The Morgan fingerprint density at radius 1 is 1.17 bits per heavy atom. The molecule has 12 heavy (non-hydrogen) atoms. The van der Waals surface area contributed by atoms with Crippen LogP contribution in [0, 0.1) is 0 Å². The van der Waals surface area contributed by atoms with Gasteiger partial charge in [0.15, 0.2) is 0 Å². The van der Waals surface area contributed by atoms with Crippen molar-refractivity contribution in [2.75, 3.05) is 12.4 Å². The van der Waals surface area contributed by atoms with Crippen LogP contribution in [-0.2, 0) is 5.75 Å². The number of hydrogen-bond acceptors (Lipinski definition) is 1. The number of alkyl halides is 1. The van der Waals surface area contributed by atoms with E-state index in [0.29, 0.717) is 6.42 Å².